The van der Waals surface area contributed by atoms with Crippen molar-refractivity contribution in [1.29, 1.82) is 0 Å². The molecule has 0 saturated carbocycles. The molecule has 0 aliphatic carbocycles. The maximum Gasteiger partial charge on any atom is 0.465 e. The fourth-order valence-corrected chi connectivity index (χ4v) is 5.45. The second-order valence-corrected chi connectivity index (χ2v) is 10.7. The van der Waals surface area contributed by atoms with E-state index in [1.807, 2.05) is 121 Å². The molecule has 0 amide bonds. The number of benzene rings is 4. The van der Waals surface area contributed by atoms with Crippen molar-refractivity contribution in [2.75, 3.05) is 0 Å². The van der Waals surface area contributed by atoms with Crippen LogP contribution in [0.5, 0.6) is 23.0 Å². The highest BCUT2D eigenvalue weighted by atomic mass is 31.2. The van der Waals surface area contributed by atoms with E-state index in [-0.39, 0.29) is 0 Å². The molecule has 202 valence electrons. The molecule has 0 bridgehead atoms. The van der Waals surface area contributed by atoms with Gasteiger partial charge in [-0.2, -0.15) is 0 Å². The summed E-state index contributed by atoms with van der Waals surface area (Å²) in [4.78, 5) is 0. The highest BCUT2D eigenvalue weighted by Gasteiger charge is 2.48. The van der Waals surface area contributed by atoms with E-state index >= 15 is 0 Å². The molecule has 1 fully saturated rings. The molecule has 5 rings (SSSR count). The van der Waals surface area contributed by atoms with E-state index in [9.17, 15) is 0 Å². The Morgan fingerprint density at radius 3 is 0.974 bits per heavy atom. The third-order valence-corrected chi connectivity index (χ3v) is 7.29. The molecule has 0 aromatic heterocycles. The Balaban J connectivity index is 1.35. The van der Waals surface area contributed by atoms with Crippen molar-refractivity contribution < 1.29 is 36.6 Å². The van der Waals surface area contributed by atoms with E-state index in [4.69, 9.17) is 36.6 Å². The lowest BCUT2D eigenvalue weighted by Crippen LogP contribution is -2.27. The standard InChI is InChI=1S/C29H28O8P2/c1-29(2)30-27(36-38(32-23-15-7-3-8-16-23)33-24-17-9-4-10-18-24)28(31-29)37-39(34-25-19-11-5-12-20-25)35-26-21-13-6-14-22-26/h3-22,27-28H,1-2H3. The summed E-state index contributed by atoms with van der Waals surface area (Å²) in [6.07, 6.45) is -2.02. The molecule has 4 aromatic carbocycles. The van der Waals surface area contributed by atoms with Crippen molar-refractivity contribution in [2.24, 2.45) is 0 Å². The summed E-state index contributed by atoms with van der Waals surface area (Å²) in [6, 6.07) is 37.1. The SMILES string of the molecule is CC1(C)OC(OP(Oc2ccccc2)Oc2ccccc2)C(OP(Oc2ccccc2)Oc2ccccc2)O1. The van der Waals surface area contributed by atoms with E-state index in [1.165, 1.54) is 0 Å². The van der Waals surface area contributed by atoms with E-state index in [1.54, 1.807) is 13.8 Å². The smallest absolute Gasteiger partial charge is 0.418 e. The van der Waals surface area contributed by atoms with Crippen LogP contribution in [0.25, 0.3) is 0 Å². The first-order valence-electron chi connectivity index (χ1n) is 12.2. The summed E-state index contributed by atoms with van der Waals surface area (Å²) in [5, 5.41) is 0. The van der Waals surface area contributed by atoms with Gasteiger partial charge < -0.3 is 27.6 Å². The first-order chi connectivity index (χ1) is 19.0. The van der Waals surface area contributed by atoms with E-state index in [2.05, 4.69) is 0 Å². The van der Waals surface area contributed by atoms with Crippen LogP contribution in [0.4, 0.5) is 0 Å². The molecule has 2 unspecified atom stereocenters. The minimum absolute atomic E-state index is 0.581. The number of hydrogen-bond acceptors (Lipinski definition) is 8. The van der Waals surface area contributed by atoms with Gasteiger partial charge in [0.05, 0.1) is 0 Å². The molecule has 0 N–H and O–H groups in total. The fourth-order valence-electron chi connectivity index (χ4n) is 3.40. The van der Waals surface area contributed by atoms with Crippen LogP contribution in [0, 0.1) is 0 Å². The molecule has 1 aliphatic heterocycles. The van der Waals surface area contributed by atoms with Gasteiger partial charge in [-0.25, -0.2) is 0 Å². The van der Waals surface area contributed by atoms with Crippen LogP contribution < -0.4 is 18.1 Å². The average Bonchev–Trinajstić information content (AvgIpc) is 3.23. The first kappa shape index (κ1) is 27.4. The molecule has 10 heteroatoms. The van der Waals surface area contributed by atoms with E-state index in [0.29, 0.717) is 23.0 Å². The Bertz CT molecular complexity index is 1080. The largest absolute Gasteiger partial charge is 0.465 e. The molecule has 2 atom stereocenters. The normalized spacial score (nSPS) is 18.2. The van der Waals surface area contributed by atoms with Gasteiger partial charge in [-0.3, -0.25) is 9.05 Å². The van der Waals surface area contributed by atoms with Gasteiger partial charge in [-0.1, -0.05) is 72.8 Å². The van der Waals surface area contributed by atoms with Crippen molar-refractivity contribution in [3.8, 4) is 23.0 Å². The number of rotatable bonds is 12. The second kappa shape index (κ2) is 13.2. The lowest BCUT2D eigenvalue weighted by Gasteiger charge is -2.24. The maximum atomic E-state index is 6.22. The molecule has 1 heterocycles. The van der Waals surface area contributed by atoms with Gasteiger partial charge in [0, 0.05) is 0 Å². The molecular formula is C29H28O8P2. The highest BCUT2D eigenvalue weighted by molar-refractivity contribution is 7.43. The van der Waals surface area contributed by atoms with Crippen LogP contribution in [-0.4, -0.2) is 18.4 Å². The number of para-hydroxylation sites is 4. The monoisotopic (exact) mass is 566 g/mol. The van der Waals surface area contributed by atoms with Gasteiger partial charge >= 0.3 is 17.2 Å². The molecule has 4 aromatic rings. The third-order valence-electron chi connectivity index (χ3n) is 5.09. The fraction of sp³-hybridized carbons (Fsp3) is 0.172. The lowest BCUT2D eigenvalue weighted by atomic mass is 10.3. The molecule has 0 radical (unpaired) electrons. The summed E-state index contributed by atoms with van der Waals surface area (Å²) in [7, 11) is -3.95. The quantitative estimate of drug-likeness (QED) is 0.159. The van der Waals surface area contributed by atoms with E-state index in [0.717, 1.165) is 0 Å². The van der Waals surface area contributed by atoms with Crippen LogP contribution >= 0.6 is 17.2 Å². The lowest BCUT2D eigenvalue weighted by molar-refractivity contribution is -0.175. The maximum absolute atomic E-state index is 6.22. The Morgan fingerprint density at radius 2 is 0.718 bits per heavy atom. The van der Waals surface area contributed by atoms with Crippen molar-refractivity contribution in [2.45, 2.75) is 32.2 Å². The predicted octanol–water partition coefficient (Wildman–Crippen LogP) is 8.22. The second-order valence-electron chi connectivity index (χ2n) is 8.65. The van der Waals surface area contributed by atoms with Crippen LogP contribution in [0.2, 0.25) is 0 Å². The van der Waals surface area contributed by atoms with Crippen molar-refractivity contribution >= 4 is 17.2 Å². The van der Waals surface area contributed by atoms with Crippen molar-refractivity contribution in [1.82, 2.24) is 0 Å². The molecule has 1 aliphatic rings. The minimum atomic E-state index is -1.97. The van der Waals surface area contributed by atoms with Gasteiger partial charge in [0.25, 0.3) is 0 Å². The number of hydrogen-bond donors (Lipinski definition) is 0. The Kier molecular flexibility index (Phi) is 9.27. The van der Waals surface area contributed by atoms with Gasteiger partial charge in [0.2, 0.25) is 12.6 Å². The Morgan fingerprint density at radius 1 is 0.462 bits per heavy atom. The van der Waals surface area contributed by atoms with Gasteiger partial charge in [-0.05, 0) is 62.4 Å². The predicted molar refractivity (Wildman–Crippen MR) is 148 cm³/mol. The molecule has 39 heavy (non-hydrogen) atoms. The Hall–Kier alpha value is -3.22. The van der Waals surface area contributed by atoms with Crippen LogP contribution in [0.15, 0.2) is 121 Å². The average molecular weight is 566 g/mol. The van der Waals surface area contributed by atoms with Crippen LogP contribution in [-0.2, 0) is 18.5 Å². The van der Waals surface area contributed by atoms with Gasteiger partial charge in [-0.15, -0.1) is 0 Å². The topological polar surface area (TPSA) is 73.8 Å². The zero-order valence-corrected chi connectivity index (χ0v) is 23.2. The number of ether oxygens (including phenoxy) is 2. The van der Waals surface area contributed by atoms with Crippen LogP contribution in [0.1, 0.15) is 13.8 Å². The van der Waals surface area contributed by atoms with Gasteiger partial charge in [0.15, 0.2) is 5.79 Å². The van der Waals surface area contributed by atoms with Crippen LogP contribution in [0.3, 0.4) is 0 Å². The van der Waals surface area contributed by atoms with E-state index < -0.39 is 35.6 Å². The summed E-state index contributed by atoms with van der Waals surface area (Å²) in [5.41, 5.74) is 0. The van der Waals surface area contributed by atoms with Crippen molar-refractivity contribution in [3.05, 3.63) is 121 Å². The highest BCUT2D eigenvalue weighted by Crippen LogP contribution is 2.49. The molecular weight excluding hydrogens is 538 g/mol. The molecule has 1 saturated heterocycles. The van der Waals surface area contributed by atoms with Crippen molar-refractivity contribution in [3.63, 3.8) is 0 Å². The zero-order chi connectivity index (χ0) is 26.9. The molecule has 8 nitrogen and oxygen atoms in total. The summed E-state index contributed by atoms with van der Waals surface area (Å²) in [6.45, 7) is 3.53. The summed E-state index contributed by atoms with van der Waals surface area (Å²) >= 11 is 0. The minimum Gasteiger partial charge on any atom is -0.418 e. The Labute approximate surface area is 230 Å². The molecule has 0 spiro atoms. The zero-order valence-electron chi connectivity index (χ0n) is 21.4. The third kappa shape index (κ3) is 8.38. The first-order valence-corrected chi connectivity index (χ1v) is 14.4. The summed E-state index contributed by atoms with van der Waals surface area (Å²) < 4.78 is 48.8. The summed E-state index contributed by atoms with van der Waals surface area (Å²) in [5.74, 6) is 1.31. The van der Waals surface area contributed by atoms with Gasteiger partial charge in [0.1, 0.15) is 23.0 Å².